The van der Waals surface area contributed by atoms with E-state index in [9.17, 15) is 13.0 Å². The van der Waals surface area contributed by atoms with Gasteiger partial charge in [-0.25, -0.2) is 8.42 Å². The number of sulfonamides is 1. The fourth-order valence-corrected chi connectivity index (χ4v) is 3.05. The Morgan fingerprint density at radius 1 is 1.47 bits per heavy atom. The van der Waals surface area contributed by atoms with Gasteiger partial charge in [-0.1, -0.05) is 0 Å². The number of hydrogen-bond acceptors (Lipinski definition) is 5. The highest BCUT2D eigenvalue weighted by atomic mass is 32.2. The Bertz CT molecular complexity index is 574. The van der Waals surface area contributed by atoms with Crippen molar-refractivity contribution in [2.75, 3.05) is 23.3 Å². The van der Waals surface area contributed by atoms with Crippen molar-refractivity contribution >= 4 is 29.4 Å². The van der Waals surface area contributed by atoms with Gasteiger partial charge in [-0.05, 0) is 36.6 Å². The second-order valence-corrected chi connectivity index (χ2v) is 7.45. The van der Waals surface area contributed by atoms with Crippen molar-refractivity contribution in [3.8, 4) is 0 Å². The predicted octanol–water partition coefficient (Wildman–Crippen LogP) is 2.48. The summed E-state index contributed by atoms with van der Waals surface area (Å²) in [7, 11) is -5.24. The number of benzene rings is 1. The van der Waals surface area contributed by atoms with Crippen molar-refractivity contribution in [2.45, 2.75) is 19.5 Å². The van der Waals surface area contributed by atoms with Crippen LogP contribution in [0.3, 0.4) is 0 Å². The first kappa shape index (κ1) is 15.9. The molecule has 1 aromatic rings. The van der Waals surface area contributed by atoms with Crippen LogP contribution in [0.15, 0.2) is 18.2 Å². The first-order valence-corrected chi connectivity index (χ1v) is 8.85. The molecule has 8 heteroatoms. The molecule has 6 nitrogen and oxygen atoms in total. The molecule has 0 aromatic heterocycles. The van der Waals surface area contributed by atoms with Crippen LogP contribution in [-0.2, 0) is 19.1 Å². The topological polar surface area (TPSA) is 98.5 Å². The molecule has 2 atom stereocenters. The van der Waals surface area contributed by atoms with Crippen molar-refractivity contribution in [1.82, 2.24) is 0 Å². The summed E-state index contributed by atoms with van der Waals surface area (Å²) in [5, 5.41) is 0. The Morgan fingerprint density at radius 3 is 2.63 bits per heavy atom. The van der Waals surface area contributed by atoms with Gasteiger partial charge < -0.3 is 5.73 Å². The minimum Gasteiger partial charge on any atom is -0.398 e. The number of nitrogens with one attached hydrogen (secondary N) is 1. The van der Waals surface area contributed by atoms with Crippen LogP contribution in [-0.4, -0.2) is 21.3 Å². The van der Waals surface area contributed by atoms with Gasteiger partial charge in [0.15, 0.2) is 0 Å². The van der Waals surface area contributed by atoms with Crippen LogP contribution in [0.5, 0.6) is 0 Å². The molecule has 0 spiro atoms. The molecule has 0 aliphatic carbocycles. The largest absolute Gasteiger partial charge is 0.515 e. The maximum atomic E-state index is 11.8. The number of hydrogen-bond donors (Lipinski definition) is 2. The third kappa shape index (κ3) is 4.78. The van der Waals surface area contributed by atoms with Crippen molar-refractivity contribution in [1.29, 1.82) is 0 Å². The normalized spacial score (nSPS) is 13.9. The van der Waals surface area contributed by atoms with E-state index < -0.39 is 23.7 Å². The highest BCUT2D eigenvalue weighted by molar-refractivity contribution is 7.92. The fourth-order valence-electron chi connectivity index (χ4n) is 1.57. The van der Waals surface area contributed by atoms with E-state index in [2.05, 4.69) is 4.72 Å². The zero-order chi connectivity index (χ0) is 14.6. The van der Waals surface area contributed by atoms with E-state index in [1.807, 2.05) is 0 Å². The second-order valence-electron chi connectivity index (χ2n) is 4.10. The Morgan fingerprint density at radius 2 is 2.11 bits per heavy atom. The molecule has 3 N–H and O–H groups in total. The van der Waals surface area contributed by atoms with Gasteiger partial charge in [-0.15, -0.1) is 4.52 Å². The van der Waals surface area contributed by atoms with Gasteiger partial charge in [0, 0.05) is 16.9 Å². The smallest absolute Gasteiger partial charge is 0.398 e. The van der Waals surface area contributed by atoms with Crippen LogP contribution in [0.25, 0.3) is 0 Å². The minimum absolute atomic E-state index is 0.348. The first-order chi connectivity index (χ1) is 8.74. The van der Waals surface area contributed by atoms with Gasteiger partial charge in [-0.2, -0.15) is 0 Å². The molecule has 1 rings (SSSR count). The molecule has 0 aliphatic heterocycles. The first-order valence-electron chi connectivity index (χ1n) is 5.71. The lowest BCUT2D eigenvalue weighted by molar-refractivity contribution is 0.345. The van der Waals surface area contributed by atoms with E-state index >= 15 is 0 Å². The second kappa shape index (κ2) is 6.32. The molecule has 0 bridgehead atoms. The Kier molecular flexibility index (Phi) is 5.29. The third-order valence-corrected chi connectivity index (χ3v) is 4.44. The van der Waals surface area contributed by atoms with Gasteiger partial charge >= 0.3 is 8.03 Å². The molecule has 0 aliphatic rings. The predicted molar refractivity (Wildman–Crippen MR) is 77.0 cm³/mol. The molecule has 106 valence electrons. The fraction of sp³-hybridized carbons (Fsp3) is 0.455. The molecule has 0 amide bonds. The number of nitrogen functional groups attached to an aromatic ring is 1. The van der Waals surface area contributed by atoms with Crippen molar-refractivity contribution in [3.05, 3.63) is 23.8 Å². The highest BCUT2D eigenvalue weighted by Crippen LogP contribution is 2.44. The zero-order valence-electron chi connectivity index (χ0n) is 11.1. The maximum Gasteiger partial charge on any atom is 0.515 e. The van der Waals surface area contributed by atoms with Gasteiger partial charge in [0.2, 0.25) is 15.7 Å². The van der Waals surface area contributed by atoms with Gasteiger partial charge in [0.25, 0.3) is 0 Å². The van der Waals surface area contributed by atoms with E-state index in [1.165, 1.54) is 0 Å². The summed E-state index contributed by atoms with van der Waals surface area (Å²) in [5.74, 6) is 0. The monoisotopic (exact) mass is 305 g/mol. The highest BCUT2D eigenvalue weighted by Gasteiger charge is 2.31. The average Bonchev–Trinajstić information content (AvgIpc) is 2.29. The summed E-state index contributed by atoms with van der Waals surface area (Å²) >= 11 is 0. The molecule has 19 heavy (non-hydrogen) atoms. The van der Waals surface area contributed by atoms with Gasteiger partial charge in [-0.3, -0.25) is 4.72 Å². The quantitative estimate of drug-likeness (QED) is 0.621. The van der Waals surface area contributed by atoms with Crippen LogP contribution in [0, 0.1) is 0 Å². The average molecular weight is 305 g/mol. The van der Waals surface area contributed by atoms with E-state index in [1.54, 1.807) is 32.0 Å². The standard InChI is InChI=1S/C11H18N2O4PS/c1-4-17-18(14)8(2)10-7-9(5-6-11(10)12)13-19(3,15)16/h5-8,13H,4,12H2,1-3H3/q+1. The lowest BCUT2D eigenvalue weighted by Gasteiger charge is -2.09. The van der Waals surface area contributed by atoms with Crippen molar-refractivity contribution < 1.29 is 17.5 Å². The maximum absolute atomic E-state index is 11.8. The summed E-state index contributed by atoms with van der Waals surface area (Å²) < 4.78 is 41.6. The summed E-state index contributed by atoms with van der Waals surface area (Å²) in [5.41, 5.74) is 6.86. The van der Waals surface area contributed by atoms with Crippen LogP contribution < -0.4 is 10.5 Å². The number of rotatable bonds is 6. The molecule has 0 saturated heterocycles. The Hall–Kier alpha value is -1.17. The van der Waals surface area contributed by atoms with E-state index in [0.29, 0.717) is 23.5 Å². The van der Waals surface area contributed by atoms with Crippen LogP contribution >= 0.6 is 8.03 Å². The third-order valence-electron chi connectivity index (χ3n) is 2.41. The van der Waals surface area contributed by atoms with E-state index in [4.69, 9.17) is 10.3 Å². The molecular weight excluding hydrogens is 287 g/mol. The van der Waals surface area contributed by atoms with Gasteiger partial charge in [0.1, 0.15) is 0 Å². The molecule has 2 unspecified atom stereocenters. The Balaban J connectivity index is 3.06. The number of nitrogens with two attached hydrogens (primary N) is 1. The van der Waals surface area contributed by atoms with Crippen LogP contribution in [0.4, 0.5) is 11.4 Å². The molecule has 0 radical (unpaired) electrons. The van der Waals surface area contributed by atoms with Gasteiger partial charge in [0.05, 0.1) is 12.9 Å². The summed E-state index contributed by atoms with van der Waals surface area (Å²) in [6.45, 7) is 3.83. The Labute approximate surface area is 114 Å². The molecule has 0 fully saturated rings. The molecule has 0 saturated carbocycles. The zero-order valence-corrected chi connectivity index (χ0v) is 12.8. The molecule has 1 aromatic carbocycles. The van der Waals surface area contributed by atoms with Crippen LogP contribution in [0.1, 0.15) is 25.1 Å². The summed E-state index contributed by atoms with van der Waals surface area (Å²) in [4.78, 5) is 0. The van der Waals surface area contributed by atoms with Crippen molar-refractivity contribution in [3.63, 3.8) is 0 Å². The number of anilines is 2. The SMILES string of the molecule is CCO[P+](=O)C(C)c1cc(NS(C)(=O)=O)ccc1N. The summed E-state index contributed by atoms with van der Waals surface area (Å²) in [6, 6.07) is 4.71. The van der Waals surface area contributed by atoms with Crippen molar-refractivity contribution in [2.24, 2.45) is 0 Å². The summed E-state index contributed by atoms with van der Waals surface area (Å²) in [6.07, 6.45) is 1.06. The minimum atomic E-state index is -3.36. The molecule has 0 heterocycles. The molecular formula is C11H18N2O4PS+. The van der Waals surface area contributed by atoms with E-state index in [0.717, 1.165) is 6.26 Å². The lowest BCUT2D eigenvalue weighted by atomic mass is 10.1. The lowest BCUT2D eigenvalue weighted by Crippen LogP contribution is -2.10. The van der Waals surface area contributed by atoms with E-state index in [-0.39, 0.29) is 0 Å². The van der Waals surface area contributed by atoms with Crippen LogP contribution in [0.2, 0.25) is 0 Å².